The van der Waals surface area contributed by atoms with Gasteiger partial charge in [0.1, 0.15) is 0 Å². The Balaban J connectivity index is 2.01. The topological polar surface area (TPSA) is 49.4 Å². The van der Waals surface area contributed by atoms with Gasteiger partial charge < -0.3 is 5.32 Å². The molecular weight excluding hydrogens is 240 g/mol. The molecule has 0 spiro atoms. The Bertz CT molecular complexity index is 355. The first-order chi connectivity index (χ1) is 9.02. The molecule has 4 nitrogen and oxygen atoms in total. The first kappa shape index (κ1) is 14.5. The van der Waals surface area contributed by atoms with Gasteiger partial charge in [0.25, 0.3) is 0 Å². The van der Waals surface area contributed by atoms with Gasteiger partial charge in [-0.3, -0.25) is 14.5 Å². The van der Waals surface area contributed by atoms with Crippen molar-refractivity contribution < 1.29 is 9.59 Å². The molecule has 2 heterocycles. The fourth-order valence-corrected chi connectivity index (χ4v) is 3.32. The van der Waals surface area contributed by atoms with Crippen LogP contribution in [0, 0.1) is 11.3 Å². The monoisotopic (exact) mass is 266 g/mol. The highest BCUT2D eigenvalue weighted by molar-refractivity contribution is 6.05. The zero-order valence-electron chi connectivity index (χ0n) is 12.4. The molecule has 2 fully saturated rings. The smallest absolute Gasteiger partial charge is 0.235 e. The summed E-state index contributed by atoms with van der Waals surface area (Å²) in [6.07, 6.45) is 4.19. The lowest BCUT2D eigenvalue weighted by atomic mass is 9.81. The summed E-state index contributed by atoms with van der Waals surface area (Å²) in [5, 5.41) is 3.44. The third kappa shape index (κ3) is 2.69. The van der Waals surface area contributed by atoms with Crippen molar-refractivity contribution in [1.82, 2.24) is 10.2 Å². The van der Waals surface area contributed by atoms with Crippen molar-refractivity contribution in [2.75, 3.05) is 13.1 Å². The van der Waals surface area contributed by atoms with Crippen molar-refractivity contribution in [2.24, 2.45) is 11.3 Å². The number of imide groups is 1. The molecule has 0 aromatic heterocycles. The highest BCUT2D eigenvalue weighted by Gasteiger charge is 2.49. The second kappa shape index (κ2) is 5.61. The molecular formula is C15H26N2O2. The Hall–Kier alpha value is -0.900. The summed E-state index contributed by atoms with van der Waals surface area (Å²) < 4.78 is 0. The van der Waals surface area contributed by atoms with Crippen LogP contribution >= 0.6 is 0 Å². The molecule has 108 valence electrons. The molecule has 2 unspecified atom stereocenters. The second-order valence-electron chi connectivity index (χ2n) is 6.23. The van der Waals surface area contributed by atoms with E-state index in [2.05, 4.69) is 12.2 Å². The highest BCUT2D eigenvalue weighted by atomic mass is 16.2. The zero-order chi connectivity index (χ0) is 14.0. The molecule has 4 heteroatoms. The van der Waals surface area contributed by atoms with Crippen LogP contribution in [0.4, 0.5) is 0 Å². The maximum absolute atomic E-state index is 12.5. The number of hydrogen-bond acceptors (Lipinski definition) is 3. The second-order valence-corrected chi connectivity index (χ2v) is 6.23. The van der Waals surface area contributed by atoms with E-state index < -0.39 is 5.41 Å². The summed E-state index contributed by atoms with van der Waals surface area (Å²) in [6, 6.07) is 0.562. The van der Waals surface area contributed by atoms with Crippen LogP contribution in [0.2, 0.25) is 0 Å². The van der Waals surface area contributed by atoms with Crippen LogP contribution in [-0.2, 0) is 9.59 Å². The van der Waals surface area contributed by atoms with E-state index >= 15 is 0 Å². The van der Waals surface area contributed by atoms with Crippen LogP contribution < -0.4 is 5.32 Å². The number of hydrogen-bond donors (Lipinski definition) is 1. The van der Waals surface area contributed by atoms with E-state index in [9.17, 15) is 9.59 Å². The Labute approximate surface area is 115 Å². The molecule has 2 amide bonds. The highest BCUT2D eigenvalue weighted by Crippen LogP contribution is 2.39. The number of carbonyl (C=O) groups excluding carboxylic acids is 2. The van der Waals surface area contributed by atoms with Gasteiger partial charge in [-0.1, -0.05) is 13.8 Å². The van der Waals surface area contributed by atoms with Gasteiger partial charge in [-0.15, -0.1) is 0 Å². The molecule has 0 aromatic carbocycles. The maximum atomic E-state index is 12.5. The van der Waals surface area contributed by atoms with Gasteiger partial charge >= 0.3 is 0 Å². The average Bonchev–Trinajstić information content (AvgIpc) is 2.66. The summed E-state index contributed by atoms with van der Waals surface area (Å²) in [5.74, 6) is 0.530. The maximum Gasteiger partial charge on any atom is 0.235 e. The Morgan fingerprint density at radius 3 is 2.42 bits per heavy atom. The molecule has 2 aliphatic rings. The number of rotatable bonds is 4. The SMILES string of the molecule is CCC1(CC)CC(=O)N(CC2CCC(C)NC2)C1=O. The zero-order valence-corrected chi connectivity index (χ0v) is 12.4. The molecule has 19 heavy (non-hydrogen) atoms. The van der Waals surface area contributed by atoms with Crippen LogP contribution in [0.1, 0.15) is 52.9 Å². The van der Waals surface area contributed by atoms with Gasteiger partial charge in [0, 0.05) is 19.0 Å². The Morgan fingerprint density at radius 2 is 1.95 bits per heavy atom. The van der Waals surface area contributed by atoms with Crippen LogP contribution in [0.3, 0.4) is 0 Å². The van der Waals surface area contributed by atoms with E-state index in [1.54, 1.807) is 0 Å². The van der Waals surface area contributed by atoms with E-state index in [1.807, 2.05) is 13.8 Å². The fraction of sp³-hybridized carbons (Fsp3) is 0.867. The summed E-state index contributed by atoms with van der Waals surface area (Å²) in [5.41, 5.74) is -0.410. The number of likely N-dealkylation sites (tertiary alicyclic amines) is 1. The third-order valence-electron chi connectivity index (χ3n) is 5.05. The third-order valence-corrected chi connectivity index (χ3v) is 5.05. The van der Waals surface area contributed by atoms with E-state index in [1.165, 1.54) is 4.90 Å². The summed E-state index contributed by atoms with van der Waals surface area (Å²) in [4.78, 5) is 26.2. The van der Waals surface area contributed by atoms with Crippen molar-refractivity contribution in [3.8, 4) is 0 Å². The predicted molar refractivity (Wildman–Crippen MR) is 74.5 cm³/mol. The van der Waals surface area contributed by atoms with Crippen molar-refractivity contribution in [3.63, 3.8) is 0 Å². The molecule has 1 N–H and O–H groups in total. The van der Waals surface area contributed by atoms with Crippen LogP contribution in [-0.4, -0.2) is 35.8 Å². The van der Waals surface area contributed by atoms with E-state index in [0.29, 0.717) is 24.9 Å². The molecule has 0 radical (unpaired) electrons. The number of piperidine rings is 1. The summed E-state index contributed by atoms with van der Waals surface area (Å²) in [7, 11) is 0. The van der Waals surface area contributed by atoms with Crippen molar-refractivity contribution >= 4 is 11.8 Å². The minimum absolute atomic E-state index is 0.0346. The first-order valence-corrected chi connectivity index (χ1v) is 7.60. The van der Waals surface area contributed by atoms with Crippen LogP contribution in [0.25, 0.3) is 0 Å². The normalized spacial score (nSPS) is 31.0. The number of amides is 2. The predicted octanol–water partition coefficient (Wildman–Crippen LogP) is 1.94. The standard InChI is InChI=1S/C15H26N2O2/c1-4-15(5-2)8-13(18)17(14(15)19)10-12-7-6-11(3)16-9-12/h11-12,16H,4-10H2,1-3H3. The number of carbonyl (C=O) groups is 2. The number of nitrogens with one attached hydrogen (secondary N) is 1. The van der Waals surface area contributed by atoms with Crippen molar-refractivity contribution in [2.45, 2.75) is 58.9 Å². The van der Waals surface area contributed by atoms with Gasteiger partial charge in [-0.25, -0.2) is 0 Å². The van der Waals surface area contributed by atoms with E-state index in [0.717, 1.165) is 32.2 Å². The van der Waals surface area contributed by atoms with E-state index in [-0.39, 0.29) is 11.8 Å². The van der Waals surface area contributed by atoms with E-state index in [4.69, 9.17) is 0 Å². The van der Waals surface area contributed by atoms with Crippen molar-refractivity contribution in [3.05, 3.63) is 0 Å². The lowest BCUT2D eigenvalue weighted by Gasteiger charge is -2.31. The summed E-state index contributed by atoms with van der Waals surface area (Å²) >= 11 is 0. The largest absolute Gasteiger partial charge is 0.314 e. The Kier molecular flexibility index (Phi) is 4.29. The molecule has 0 aromatic rings. The van der Waals surface area contributed by atoms with Gasteiger partial charge in [-0.2, -0.15) is 0 Å². The van der Waals surface area contributed by atoms with Gasteiger partial charge in [0.2, 0.25) is 11.8 Å². The lowest BCUT2D eigenvalue weighted by molar-refractivity contribution is -0.142. The fourth-order valence-electron chi connectivity index (χ4n) is 3.32. The quantitative estimate of drug-likeness (QED) is 0.791. The Morgan fingerprint density at radius 1 is 1.26 bits per heavy atom. The van der Waals surface area contributed by atoms with Crippen LogP contribution in [0.15, 0.2) is 0 Å². The van der Waals surface area contributed by atoms with Crippen molar-refractivity contribution in [1.29, 1.82) is 0 Å². The van der Waals surface area contributed by atoms with Gasteiger partial charge in [0.15, 0.2) is 0 Å². The molecule has 0 aliphatic carbocycles. The molecule has 2 saturated heterocycles. The minimum atomic E-state index is -0.410. The average molecular weight is 266 g/mol. The minimum Gasteiger partial charge on any atom is -0.314 e. The summed E-state index contributed by atoms with van der Waals surface area (Å²) in [6.45, 7) is 7.74. The van der Waals surface area contributed by atoms with Gasteiger partial charge in [0.05, 0.1) is 5.41 Å². The van der Waals surface area contributed by atoms with Gasteiger partial charge in [-0.05, 0) is 45.1 Å². The molecule has 0 bridgehead atoms. The first-order valence-electron chi connectivity index (χ1n) is 7.60. The molecule has 2 aliphatic heterocycles. The lowest BCUT2D eigenvalue weighted by Crippen LogP contribution is -2.44. The molecule has 2 rings (SSSR count). The molecule has 2 atom stereocenters. The number of nitrogens with zero attached hydrogens (tertiary/aromatic N) is 1. The molecule has 0 saturated carbocycles. The van der Waals surface area contributed by atoms with Crippen LogP contribution in [0.5, 0.6) is 0 Å².